The molecule has 0 saturated heterocycles. The van der Waals surface area contributed by atoms with Gasteiger partial charge in [0.15, 0.2) is 0 Å². The molecule has 0 unspecified atom stereocenters. The number of carbonyl (C=O) groups excluding carboxylic acids is 1. The van der Waals surface area contributed by atoms with Crippen molar-refractivity contribution < 1.29 is 9.53 Å². The van der Waals surface area contributed by atoms with Crippen LogP contribution in [0.3, 0.4) is 0 Å². The highest BCUT2D eigenvalue weighted by atomic mass is 16.5. The summed E-state index contributed by atoms with van der Waals surface area (Å²) in [5, 5.41) is 2.98. The van der Waals surface area contributed by atoms with Gasteiger partial charge in [-0.1, -0.05) is 37.1 Å². The van der Waals surface area contributed by atoms with E-state index in [1.807, 2.05) is 36.4 Å². The summed E-state index contributed by atoms with van der Waals surface area (Å²) in [4.78, 5) is 12.4. The fourth-order valence-electron chi connectivity index (χ4n) is 3.66. The summed E-state index contributed by atoms with van der Waals surface area (Å²) in [6.07, 6.45) is 10.4. The lowest BCUT2D eigenvalue weighted by atomic mass is 10.1. The molecule has 0 bridgehead atoms. The number of rotatable bonds is 7. The quantitative estimate of drug-likeness (QED) is 0.671. The zero-order valence-electron chi connectivity index (χ0n) is 16.0. The third kappa shape index (κ3) is 4.04. The molecule has 1 N–H and O–H groups in total. The Morgan fingerprint density at radius 1 is 0.964 bits per heavy atom. The van der Waals surface area contributed by atoms with E-state index in [1.54, 1.807) is 0 Å². The summed E-state index contributed by atoms with van der Waals surface area (Å²) >= 11 is 0. The molecular formula is C25H25NO2. The number of nitrogens with one attached hydrogen (secondary N) is 1. The molecular weight excluding hydrogens is 346 g/mol. The molecule has 5 rings (SSSR count). The molecule has 2 aromatic carbocycles. The average molecular weight is 371 g/mol. The maximum absolute atomic E-state index is 12.4. The first-order valence-electron chi connectivity index (χ1n) is 10.3. The highest BCUT2D eigenvalue weighted by molar-refractivity contribution is 6.10. The second kappa shape index (κ2) is 7.31. The molecule has 2 aromatic rings. The molecule has 28 heavy (non-hydrogen) atoms. The van der Waals surface area contributed by atoms with Crippen LogP contribution in [-0.2, 0) is 4.79 Å². The summed E-state index contributed by atoms with van der Waals surface area (Å²) < 4.78 is 5.81. The maximum atomic E-state index is 12.4. The minimum Gasteiger partial charge on any atom is -0.494 e. The van der Waals surface area contributed by atoms with Crippen LogP contribution < -0.4 is 10.1 Å². The van der Waals surface area contributed by atoms with Crippen molar-refractivity contribution in [2.45, 2.75) is 38.0 Å². The molecule has 2 saturated carbocycles. The van der Waals surface area contributed by atoms with Gasteiger partial charge in [-0.2, -0.15) is 0 Å². The van der Waals surface area contributed by atoms with Crippen molar-refractivity contribution in [1.29, 1.82) is 0 Å². The van der Waals surface area contributed by atoms with Gasteiger partial charge in [-0.05, 0) is 84.2 Å². The normalized spacial score (nSPS) is 20.2. The SMILES string of the molecule is O=C1NC(c2ccc(OCCC3CC3)cc2)=C/C1=C/c1ccc(C2CC2)cc1. The Labute approximate surface area is 166 Å². The second-order valence-corrected chi connectivity index (χ2v) is 8.16. The van der Waals surface area contributed by atoms with Crippen molar-refractivity contribution >= 4 is 17.7 Å². The van der Waals surface area contributed by atoms with Crippen molar-refractivity contribution in [2.24, 2.45) is 5.92 Å². The Morgan fingerprint density at radius 3 is 2.39 bits per heavy atom. The molecule has 0 spiro atoms. The molecule has 0 radical (unpaired) electrons. The summed E-state index contributed by atoms with van der Waals surface area (Å²) in [5.41, 5.74) is 5.00. The van der Waals surface area contributed by atoms with Gasteiger partial charge < -0.3 is 10.1 Å². The smallest absolute Gasteiger partial charge is 0.255 e. The van der Waals surface area contributed by atoms with Crippen molar-refractivity contribution in [3.63, 3.8) is 0 Å². The molecule has 1 heterocycles. The molecule has 142 valence electrons. The Balaban J connectivity index is 1.26. The molecule has 0 aromatic heterocycles. The van der Waals surface area contributed by atoms with E-state index in [9.17, 15) is 4.79 Å². The lowest BCUT2D eigenvalue weighted by Crippen LogP contribution is -2.15. The third-order valence-electron chi connectivity index (χ3n) is 5.77. The molecule has 3 nitrogen and oxygen atoms in total. The summed E-state index contributed by atoms with van der Waals surface area (Å²) in [6.45, 7) is 0.788. The van der Waals surface area contributed by atoms with Crippen LogP contribution in [0.2, 0.25) is 0 Å². The van der Waals surface area contributed by atoms with Gasteiger partial charge in [-0.15, -0.1) is 0 Å². The van der Waals surface area contributed by atoms with Crippen LogP contribution in [0.25, 0.3) is 11.8 Å². The number of hydrogen-bond acceptors (Lipinski definition) is 2. The molecule has 3 aliphatic rings. The number of hydrogen-bond donors (Lipinski definition) is 1. The molecule has 3 heteroatoms. The van der Waals surface area contributed by atoms with Crippen molar-refractivity contribution in [1.82, 2.24) is 5.32 Å². The van der Waals surface area contributed by atoms with Gasteiger partial charge in [0, 0.05) is 11.3 Å². The summed E-state index contributed by atoms with van der Waals surface area (Å²) in [6, 6.07) is 16.5. The Kier molecular flexibility index (Phi) is 4.52. The Hall–Kier alpha value is -2.81. The van der Waals surface area contributed by atoms with Crippen molar-refractivity contribution in [3.05, 3.63) is 76.9 Å². The number of amides is 1. The van der Waals surface area contributed by atoms with Gasteiger partial charge in [0.25, 0.3) is 5.91 Å². The lowest BCUT2D eigenvalue weighted by Gasteiger charge is -2.07. The fourth-order valence-corrected chi connectivity index (χ4v) is 3.66. The van der Waals surface area contributed by atoms with Crippen LogP contribution in [0.1, 0.15) is 54.7 Å². The van der Waals surface area contributed by atoms with Crippen LogP contribution in [0.15, 0.2) is 60.2 Å². The van der Waals surface area contributed by atoms with Crippen LogP contribution in [0.5, 0.6) is 5.75 Å². The monoisotopic (exact) mass is 371 g/mol. The van der Waals surface area contributed by atoms with Gasteiger partial charge in [-0.25, -0.2) is 0 Å². The topological polar surface area (TPSA) is 38.3 Å². The largest absolute Gasteiger partial charge is 0.494 e. The lowest BCUT2D eigenvalue weighted by molar-refractivity contribution is -0.115. The van der Waals surface area contributed by atoms with E-state index in [1.165, 1.54) is 31.2 Å². The standard InChI is InChI=1S/C25H25NO2/c27-25-22(15-18-3-5-19(6-4-18)20-7-8-20)16-24(26-25)21-9-11-23(12-10-21)28-14-13-17-1-2-17/h3-6,9-12,15-17,20H,1-2,7-8,13-14H2,(H,26,27)/b22-15-. The van der Waals surface area contributed by atoms with Crippen LogP contribution in [-0.4, -0.2) is 12.5 Å². The minimum atomic E-state index is -0.0500. The predicted molar refractivity (Wildman–Crippen MR) is 112 cm³/mol. The molecule has 1 amide bonds. The molecule has 2 fully saturated rings. The summed E-state index contributed by atoms with van der Waals surface area (Å²) in [5.74, 6) is 2.48. The van der Waals surface area contributed by atoms with Gasteiger partial charge in [0.1, 0.15) is 5.75 Å². The van der Waals surface area contributed by atoms with Crippen LogP contribution in [0, 0.1) is 5.92 Å². The third-order valence-corrected chi connectivity index (χ3v) is 5.77. The van der Waals surface area contributed by atoms with E-state index >= 15 is 0 Å². The Bertz CT molecular complexity index is 930. The number of benzene rings is 2. The second-order valence-electron chi connectivity index (χ2n) is 8.16. The molecule has 2 aliphatic carbocycles. The average Bonchev–Trinajstić information content (AvgIpc) is 3.63. The van der Waals surface area contributed by atoms with E-state index in [2.05, 4.69) is 29.6 Å². The van der Waals surface area contributed by atoms with Gasteiger partial charge in [0.2, 0.25) is 0 Å². The van der Waals surface area contributed by atoms with Gasteiger partial charge in [0.05, 0.1) is 6.61 Å². The predicted octanol–water partition coefficient (Wildman–Crippen LogP) is 5.30. The molecule has 1 aliphatic heterocycles. The van der Waals surface area contributed by atoms with Crippen LogP contribution in [0.4, 0.5) is 0 Å². The van der Waals surface area contributed by atoms with E-state index in [-0.39, 0.29) is 5.91 Å². The maximum Gasteiger partial charge on any atom is 0.255 e. The van der Waals surface area contributed by atoms with E-state index in [0.29, 0.717) is 5.57 Å². The van der Waals surface area contributed by atoms with E-state index < -0.39 is 0 Å². The fraction of sp³-hybridized carbons (Fsp3) is 0.320. The first kappa shape index (κ1) is 17.3. The minimum absolute atomic E-state index is 0.0500. The number of ether oxygens (including phenoxy) is 1. The van der Waals surface area contributed by atoms with Gasteiger partial charge in [-0.3, -0.25) is 4.79 Å². The van der Waals surface area contributed by atoms with E-state index in [4.69, 9.17) is 4.74 Å². The zero-order valence-corrected chi connectivity index (χ0v) is 16.0. The van der Waals surface area contributed by atoms with Crippen LogP contribution >= 0.6 is 0 Å². The Morgan fingerprint density at radius 2 is 1.71 bits per heavy atom. The zero-order chi connectivity index (χ0) is 18.9. The van der Waals surface area contributed by atoms with Gasteiger partial charge >= 0.3 is 0 Å². The molecule has 0 atom stereocenters. The first-order chi connectivity index (χ1) is 13.7. The van der Waals surface area contributed by atoms with Crippen molar-refractivity contribution in [2.75, 3.05) is 6.61 Å². The number of carbonyl (C=O) groups is 1. The van der Waals surface area contributed by atoms with Crippen molar-refractivity contribution in [3.8, 4) is 5.75 Å². The summed E-state index contributed by atoms with van der Waals surface area (Å²) in [7, 11) is 0. The highest BCUT2D eigenvalue weighted by Gasteiger charge is 2.23. The van der Waals surface area contributed by atoms with E-state index in [0.717, 1.165) is 47.4 Å². The first-order valence-corrected chi connectivity index (χ1v) is 10.3. The highest BCUT2D eigenvalue weighted by Crippen LogP contribution is 2.40.